The van der Waals surface area contributed by atoms with Gasteiger partial charge in [0.15, 0.2) is 5.82 Å². The van der Waals surface area contributed by atoms with Crippen molar-refractivity contribution < 1.29 is 18.0 Å². The molecule has 1 unspecified atom stereocenters. The molecule has 0 aliphatic carbocycles. The van der Waals surface area contributed by atoms with Crippen molar-refractivity contribution >= 4 is 0 Å². The van der Waals surface area contributed by atoms with Crippen molar-refractivity contribution in [2.45, 2.75) is 19.4 Å². The lowest BCUT2D eigenvalue weighted by Crippen LogP contribution is -2.18. The van der Waals surface area contributed by atoms with Crippen LogP contribution in [0.5, 0.6) is 0 Å². The summed E-state index contributed by atoms with van der Waals surface area (Å²) >= 11 is 0. The highest BCUT2D eigenvalue weighted by molar-refractivity contribution is 5.53. The highest BCUT2D eigenvalue weighted by Gasteiger charge is 2.18. The second-order valence-electron chi connectivity index (χ2n) is 4.26. The predicted molar refractivity (Wildman–Crippen MR) is 67.7 cm³/mol. The topological polar surface area (TPSA) is 74.2 Å². The van der Waals surface area contributed by atoms with Crippen LogP contribution < -0.4 is 5.73 Å². The number of aromatic nitrogens is 2. The third-order valence-corrected chi connectivity index (χ3v) is 2.58. The van der Waals surface area contributed by atoms with Gasteiger partial charge < -0.3 is 15.0 Å². The van der Waals surface area contributed by atoms with Crippen molar-refractivity contribution in [3.05, 3.63) is 35.7 Å². The minimum absolute atomic E-state index is 0.0341. The minimum atomic E-state index is -0.768. The summed E-state index contributed by atoms with van der Waals surface area (Å²) in [7, 11) is 0. The van der Waals surface area contributed by atoms with E-state index in [0.29, 0.717) is 6.61 Å². The maximum absolute atomic E-state index is 13.6. The highest BCUT2D eigenvalue weighted by Crippen LogP contribution is 2.22. The van der Waals surface area contributed by atoms with Gasteiger partial charge in [0.25, 0.3) is 5.89 Å². The second kappa shape index (κ2) is 6.53. The zero-order chi connectivity index (χ0) is 14.5. The van der Waals surface area contributed by atoms with Crippen LogP contribution in [-0.2, 0) is 4.74 Å². The van der Waals surface area contributed by atoms with Gasteiger partial charge in [-0.15, -0.1) is 0 Å². The number of halogens is 2. The van der Waals surface area contributed by atoms with Gasteiger partial charge in [0.1, 0.15) is 11.6 Å². The Morgan fingerprint density at radius 2 is 2.20 bits per heavy atom. The molecule has 7 heteroatoms. The van der Waals surface area contributed by atoms with E-state index in [-0.39, 0.29) is 23.9 Å². The Labute approximate surface area is 114 Å². The molecule has 0 amide bonds. The van der Waals surface area contributed by atoms with Gasteiger partial charge in [0, 0.05) is 12.7 Å². The maximum atomic E-state index is 13.6. The van der Waals surface area contributed by atoms with E-state index < -0.39 is 17.7 Å². The van der Waals surface area contributed by atoms with Crippen molar-refractivity contribution in [2.75, 3.05) is 13.2 Å². The molecule has 1 aromatic carbocycles. The number of ether oxygens (including phenoxy) is 1. The van der Waals surface area contributed by atoms with E-state index in [1.807, 2.05) is 6.92 Å². The van der Waals surface area contributed by atoms with E-state index in [4.69, 9.17) is 15.0 Å². The lowest BCUT2D eigenvalue weighted by Gasteiger charge is -2.06. The molecular formula is C13H15F2N3O2. The molecular weight excluding hydrogens is 268 g/mol. The van der Waals surface area contributed by atoms with E-state index >= 15 is 0 Å². The van der Waals surface area contributed by atoms with Crippen molar-refractivity contribution in [3.63, 3.8) is 0 Å². The molecule has 0 aliphatic heterocycles. The number of rotatable bonds is 6. The van der Waals surface area contributed by atoms with Gasteiger partial charge in [0.2, 0.25) is 0 Å². The van der Waals surface area contributed by atoms with Crippen LogP contribution in [0.4, 0.5) is 8.78 Å². The fraction of sp³-hybridized carbons (Fsp3) is 0.385. The Balaban J connectivity index is 2.12. The standard InChI is InChI=1S/C13H15F2N3O2/c1-2-5-19-7-11(16)12-17-13(20-18-12)9-4-3-8(14)6-10(9)15/h3-4,6,11H,2,5,7,16H2,1H3. The SMILES string of the molecule is CCCOCC(N)c1noc(-c2ccc(F)cc2F)n1. The van der Waals surface area contributed by atoms with Crippen LogP contribution in [0.1, 0.15) is 25.2 Å². The predicted octanol–water partition coefficient (Wildman–Crippen LogP) is 2.44. The lowest BCUT2D eigenvalue weighted by molar-refractivity contribution is 0.119. The van der Waals surface area contributed by atoms with E-state index in [1.165, 1.54) is 6.07 Å². The summed E-state index contributed by atoms with van der Waals surface area (Å²) in [6.07, 6.45) is 0.880. The van der Waals surface area contributed by atoms with Crippen LogP contribution in [0, 0.1) is 11.6 Å². The lowest BCUT2D eigenvalue weighted by atomic mass is 10.2. The molecule has 0 radical (unpaired) electrons. The molecule has 108 valence electrons. The van der Waals surface area contributed by atoms with Crippen molar-refractivity contribution in [2.24, 2.45) is 5.73 Å². The zero-order valence-electron chi connectivity index (χ0n) is 11.0. The highest BCUT2D eigenvalue weighted by atomic mass is 19.1. The molecule has 0 aliphatic rings. The Kier molecular flexibility index (Phi) is 4.75. The van der Waals surface area contributed by atoms with Crippen LogP contribution in [-0.4, -0.2) is 23.4 Å². The molecule has 1 heterocycles. The fourth-order valence-corrected chi connectivity index (χ4v) is 1.59. The van der Waals surface area contributed by atoms with Crippen LogP contribution in [0.15, 0.2) is 22.7 Å². The molecule has 2 aromatic rings. The summed E-state index contributed by atoms with van der Waals surface area (Å²) in [6, 6.07) is 2.56. The first-order chi connectivity index (χ1) is 9.61. The first kappa shape index (κ1) is 14.5. The molecule has 1 aromatic heterocycles. The smallest absolute Gasteiger partial charge is 0.260 e. The molecule has 2 rings (SSSR count). The van der Waals surface area contributed by atoms with Crippen molar-refractivity contribution in [1.29, 1.82) is 0 Å². The molecule has 20 heavy (non-hydrogen) atoms. The summed E-state index contributed by atoms with van der Waals surface area (Å²) in [4.78, 5) is 4.00. The van der Waals surface area contributed by atoms with Gasteiger partial charge in [-0.05, 0) is 18.6 Å². The largest absolute Gasteiger partial charge is 0.379 e. The zero-order valence-corrected chi connectivity index (χ0v) is 11.0. The van der Waals surface area contributed by atoms with Gasteiger partial charge in [-0.25, -0.2) is 8.78 Å². The summed E-state index contributed by atoms with van der Waals surface area (Å²) in [5.74, 6) is -1.25. The number of benzene rings is 1. The van der Waals surface area contributed by atoms with E-state index in [1.54, 1.807) is 0 Å². The van der Waals surface area contributed by atoms with E-state index in [2.05, 4.69) is 10.1 Å². The molecule has 0 spiro atoms. The van der Waals surface area contributed by atoms with Crippen LogP contribution in [0.3, 0.4) is 0 Å². The molecule has 0 saturated carbocycles. The molecule has 5 nitrogen and oxygen atoms in total. The fourth-order valence-electron chi connectivity index (χ4n) is 1.59. The first-order valence-electron chi connectivity index (χ1n) is 6.24. The number of nitrogens with zero attached hydrogens (tertiary/aromatic N) is 2. The molecule has 0 saturated heterocycles. The van der Waals surface area contributed by atoms with Crippen molar-refractivity contribution in [3.8, 4) is 11.5 Å². The Morgan fingerprint density at radius 3 is 2.90 bits per heavy atom. The summed E-state index contributed by atoms with van der Waals surface area (Å²) in [6.45, 7) is 2.82. The van der Waals surface area contributed by atoms with Crippen LogP contribution >= 0.6 is 0 Å². The number of hydrogen-bond donors (Lipinski definition) is 1. The van der Waals surface area contributed by atoms with Gasteiger partial charge in [-0.3, -0.25) is 0 Å². The molecule has 0 bridgehead atoms. The molecule has 1 atom stereocenters. The summed E-state index contributed by atoms with van der Waals surface area (Å²) in [5, 5.41) is 3.68. The average Bonchev–Trinajstić information content (AvgIpc) is 2.88. The molecule has 0 fully saturated rings. The van der Waals surface area contributed by atoms with Crippen LogP contribution in [0.25, 0.3) is 11.5 Å². The third-order valence-electron chi connectivity index (χ3n) is 2.58. The van der Waals surface area contributed by atoms with Crippen molar-refractivity contribution in [1.82, 2.24) is 10.1 Å². The van der Waals surface area contributed by atoms with Gasteiger partial charge in [-0.2, -0.15) is 4.98 Å². The maximum Gasteiger partial charge on any atom is 0.260 e. The van der Waals surface area contributed by atoms with Crippen LogP contribution in [0.2, 0.25) is 0 Å². The number of hydrogen-bond acceptors (Lipinski definition) is 5. The monoisotopic (exact) mass is 283 g/mol. The normalized spacial score (nSPS) is 12.6. The summed E-state index contributed by atoms with van der Waals surface area (Å²) < 4.78 is 36.6. The van der Waals surface area contributed by atoms with Gasteiger partial charge in [0.05, 0.1) is 18.2 Å². The number of nitrogens with two attached hydrogens (primary N) is 1. The molecule has 2 N–H and O–H groups in total. The Hall–Kier alpha value is -1.86. The third kappa shape index (κ3) is 3.37. The van der Waals surface area contributed by atoms with Gasteiger partial charge in [-0.1, -0.05) is 12.1 Å². The Morgan fingerprint density at radius 1 is 1.40 bits per heavy atom. The second-order valence-corrected chi connectivity index (χ2v) is 4.26. The summed E-state index contributed by atoms with van der Waals surface area (Å²) in [5.41, 5.74) is 5.86. The quantitative estimate of drug-likeness (QED) is 0.824. The first-order valence-corrected chi connectivity index (χ1v) is 6.24. The van der Waals surface area contributed by atoms with Gasteiger partial charge >= 0.3 is 0 Å². The van der Waals surface area contributed by atoms with E-state index in [0.717, 1.165) is 18.6 Å². The average molecular weight is 283 g/mol. The minimum Gasteiger partial charge on any atom is -0.379 e. The Bertz CT molecular complexity index is 574. The van der Waals surface area contributed by atoms with E-state index in [9.17, 15) is 8.78 Å².